The van der Waals surface area contributed by atoms with Gasteiger partial charge in [0.25, 0.3) is 0 Å². The summed E-state index contributed by atoms with van der Waals surface area (Å²) in [6.45, 7) is 2.35. The van der Waals surface area contributed by atoms with Crippen molar-refractivity contribution in [2.75, 3.05) is 0 Å². The van der Waals surface area contributed by atoms with Gasteiger partial charge in [0.2, 0.25) is 0 Å². The van der Waals surface area contributed by atoms with Gasteiger partial charge in [-0.15, -0.1) is 5.10 Å². The van der Waals surface area contributed by atoms with E-state index in [9.17, 15) is 5.11 Å². The highest BCUT2D eigenvalue weighted by Gasteiger charge is 2.22. The lowest BCUT2D eigenvalue weighted by atomic mass is 9.95. The Labute approximate surface area is 199 Å². The van der Waals surface area contributed by atoms with Gasteiger partial charge in [-0.2, -0.15) is 4.68 Å². The van der Waals surface area contributed by atoms with Crippen LogP contribution in [0.5, 0.6) is 5.75 Å². The van der Waals surface area contributed by atoms with Crippen LogP contribution >= 0.6 is 15.9 Å². The minimum absolute atomic E-state index is 0.196. The van der Waals surface area contributed by atoms with E-state index in [4.69, 9.17) is 9.15 Å². The van der Waals surface area contributed by atoms with Gasteiger partial charge in [0.15, 0.2) is 6.73 Å². The summed E-state index contributed by atoms with van der Waals surface area (Å²) in [6, 6.07) is 17.8. The number of halogens is 1. The molecule has 33 heavy (non-hydrogen) atoms. The summed E-state index contributed by atoms with van der Waals surface area (Å²) in [5.74, 6) is 1.52. The fourth-order valence-electron chi connectivity index (χ4n) is 4.04. The van der Waals surface area contributed by atoms with Crippen molar-refractivity contribution in [2.24, 2.45) is 0 Å². The van der Waals surface area contributed by atoms with Crippen LogP contribution < -0.4 is 4.74 Å². The maximum atomic E-state index is 11.5. The first-order valence-electron chi connectivity index (χ1n) is 10.9. The van der Waals surface area contributed by atoms with Gasteiger partial charge in [-0.05, 0) is 67.3 Å². The van der Waals surface area contributed by atoms with Crippen LogP contribution in [0.4, 0.5) is 0 Å². The van der Waals surface area contributed by atoms with E-state index in [1.165, 1.54) is 11.0 Å². The molecular formula is C25H23BrN4O3. The van der Waals surface area contributed by atoms with Crippen LogP contribution in [-0.4, -0.2) is 25.3 Å². The third kappa shape index (κ3) is 4.24. The highest BCUT2D eigenvalue weighted by Crippen LogP contribution is 2.39. The van der Waals surface area contributed by atoms with Crippen molar-refractivity contribution in [3.8, 4) is 5.75 Å². The number of aryl methyl sites for hydroxylation is 1. The summed E-state index contributed by atoms with van der Waals surface area (Å²) in [5.41, 5.74) is 2.45. The zero-order chi connectivity index (χ0) is 22.8. The number of aliphatic hydroxyl groups is 1. The number of unbranched alkanes of at least 4 members (excludes halogenated alkanes) is 1. The lowest BCUT2D eigenvalue weighted by Crippen LogP contribution is -2.06. The summed E-state index contributed by atoms with van der Waals surface area (Å²) >= 11 is 3.68. The second-order valence-corrected chi connectivity index (χ2v) is 8.72. The topological polar surface area (TPSA) is 86.2 Å². The Hall–Kier alpha value is -3.23. The van der Waals surface area contributed by atoms with Crippen molar-refractivity contribution in [3.05, 3.63) is 82.3 Å². The Morgan fingerprint density at radius 1 is 1.12 bits per heavy atom. The van der Waals surface area contributed by atoms with Gasteiger partial charge in [0, 0.05) is 17.4 Å². The van der Waals surface area contributed by atoms with Gasteiger partial charge in [-0.1, -0.05) is 49.7 Å². The van der Waals surface area contributed by atoms with Crippen LogP contribution in [0.15, 0.2) is 69.8 Å². The predicted octanol–water partition coefficient (Wildman–Crippen LogP) is 5.80. The first kappa shape index (κ1) is 21.6. The SMILES string of the molecule is CCCCc1oc2ccccc2c1C(O)c1ccc2ccc(OCn3cnnn3)c(Br)c2c1. The molecule has 0 amide bonds. The van der Waals surface area contributed by atoms with Crippen LogP contribution in [0.25, 0.3) is 21.7 Å². The number of benzene rings is 3. The normalized spacial score (nSPS) is 12.5. The highest BCUT2D eigenvalue weighted by molar-refractivity contribution is 9.10. The molecule has 0 aliphatic carbocycles. The van der Waals surface area contributed by atoms with Crippen molar-refractivity contribution in [3.63, 3.8) is 0 Å². The number of ether oxygens (including phenoxy) is 1. The average molecular weight is 507 g/mol. The van der Waals surface area contributed by atoms with Crippen LogP contribution in [-0.2, 0) is 13.2 Å². The van der Waals surface area contributed by atoms with Crippen molar-refractivity contribution < 1.29 is 14.3 Å². The molecule has 3 aromatic carbocycles. The lowest BCUT2D eigenvalue weighted by Gasteiger charge is -2.15. The van der Waals surface area contributed by atoms with Gasteiger partial charge in [-0.25, -0.2) is 0 Å². The van der Waals surface area contributed by atoms with Crippen LogP contribution in [0.1, 0.15) is 42.8 Å². The van der Waals surface area contributed by atoms with E-state index in [2.05, 4.69) is 38.4 Å². The molecule has 5 rings (SSSR count). The number of tetrazole rings is 1. The molecule has 0 aliphatic heterocycles. The van der Waals surface area contributed by atoms with Crippen molar-refractivity contribution in [1.82, 2.24) is 20.2 Å². The van der Waals surface area contributed by atoms with Gasteiger partial charge >= 0.3 is 0 Å². The number of aromatic nitrogens is 4. The number of para-hydroxylation sites is 1. The standard InChI is InChI=1S/C25H23BrN4O3/c1-2-3-7-21-23(18-6-4-5-8-20(18)33-21)25(31)17-10-9-16-11-12-22(24(26)19(16)13-17)32-15-30-14-27-28-29-30/h4-6,8-14,25,31H,2-3,7,15H2,1H3. The Bertz CT molecular complexity index is 1400. The molecule has 1 N–H and O–H groups in total. The zero-order valence-corrected chi connectivity index (χ0v) is 19.7. The Morgan fingerprint density at radius 3 is 2.79 bits per heavy atom. The zero-order valence-electron chi connectivity index (χ0n) is 18.1. The molecule has 7 nitrogen and oxygen atoms in total. The highest BCUT2D eigenvalue weighted by atomic mass is 79.9. The number of aliphatic hydroxyl groups excluding tert-OH is 1. The molecule has 1 atom stereocenters. The molecular weight excluding hydrogens is 484 g/mol. The minimum Gasteiger partial charge on any atom is -0.470 e. The molecule has 2 aromatic heterocycles. The summed E-state index contributed by atoms with van der Waals surface area (Å²) < 4.78 is 14.3. The summed E-state index contributed by atoms with van der Waals surface area (Å²) in [7, 11) is 0. The predicted molar refractivity (Wildman–Crippen MR) is 129 cm³/mol. The lowest BCUT2D eigenvalue weighted by molar-refractivity contribution is 0.216. The summed E-state index contributed by atoms with van der Waals surface area (Å²) in [6.07, 6.45) is 3.55. The van der Waals surface area contributed by atoms with Crippen molar-refractivity contribution >= 4 is 37.7 Å². The number of nitrogens with zero attached hydrogens (tertiary/aromatic N) is 4. The molecule has 2 heterocycles. The molecule has 0 spiro atoms. The van der Waals surface area contributed by atoms with Gasteiger partial charge in [0.1, 0.15) is 29.5 Å². The molecule has 1 unspecified atom stereocenters. The number of hydrogen-bond acceptors (Lipinski definition) is 6. The molecule has 0 bridgehead atoms. The number of hydrogen-bond donors (Lipinski definition) is 1. The van der Waals surface area contributed by atoms with E-state index in [-0.39, 0.29) is 6.73 Å². The minimum atomic E-state index is -0.803. The van der Waals surface area contributed by atoms with E-state index in [1.807, 2.05) is 54.6 Å². The van der Waals surface area contributed by atoms with Crippen molar-refractivity contribution in [2.45, 2.75) is 39.0 Å². The average Bonchev–Trinajstić information content (AvgIpc) is 3.49. The van der Waals surface area contributed by atoms with Crippen LogP contribution in [0.2, 0.25) is 0 Å². The molecule has 8 heteroatoms. The van der Waals surface area contributed by atoms with E-state index in [1.54, 1.807) is 0 Å². The quantitative estimate of drug-likeness (QED) is 0.286. The first-order valence-corrected chi connectivity index (χ1v) is 11.7. The molecule has 0 saturated carbocycles. The van der Waals surface area contributed by atoms with E-state index >= 15 is 0 Å². The van der Waals surface area contributed by atoms with Crippen molar-refractivity contribution in [1.29, 1.82) is 0 Å². The number of furan rings is 1. The molecule has 0 radical (unpaired) electrons. The smallest absolute Gasteiger partial charge is 0.184 e. The Kier molecular flexibility index (Phi) is 6.11. The summed E-state index contributed by atoms with van der Waals surface area (Å²) in [5, 5.41) is 25.5. The third-order valence-electron chi connectivity index (χ3n) is 5.75. The first-order chi connectivity index (χ1) is 16.2. The van der Waals surface area contributed by atoms with E-state index in [0.717, 1.165) is 62.4 Å². The van der Waals surface area contributed by atoms with Gasteiger partial charge in [0.05, 0.1) is 4.47 Å². The summed E-state index contributed by atoms with van der Waals surface area (Å²) in [4.78, 5) is 0. The molecule has 168 valence electrons. The third-order valence-corrected chi connectivity index (χ3v) is 6.56. The maximum Gasteiger partial charge on any atom is 0.184 e. The number of fused-ring (bicyclic) bond motifs is 2. The van der Waals surface area contributed by atoms with E-state index in [0.29, 0.717) is 5.75 Å². The molecule has 0 saturated heterocycles. The largest absolute Gasteiger partial charge is 0.470 e. The second kappa shape index (κ2) is 9.33. The van der Waals surface area contributed by atoms with Crippen LogP contribution in [0.3, 0.4) is 0 Å². The van der Waals surface area contributed by atoms with Gasteiger partial charge in [-0.3, -0.25) is 0 Å². The fraction of sp³-hybridized carbons (Fsp3) is 0.240. The van der Waals surface area contributed by atoms with E-state index < -0.39 is 6.10 Å². The van der Waals surface area contributed by atoms with Crippen LogP contribution in [0, 0.1) is 0 Å². The Balaban J connectivity index is 1.52. The van der Waals surface area contributed by atoms with Gasteiger partial charge < -0.3 is 14.3 Å². The molecule has 0 fully saturated rings. The maximum absolute atomic E-state index is 11.5. The fourth-order valence-corrected chi connectivity index (χ4v) is 4.63. The second-order valence-electron chi connectivity index (χ2n) is 7.92. The monoisotopic (exact) mass is 506 g/mol. The Morgan fingerprint density at radius 2 is 1.97 bits per heavy atom. The molecule has 5 aromatic rings. The molecule has 0 aliphatic rings. The number of rotatable bonds is 8.